The summed E-state index contributed by atoms with van der Waals surface area (Å²) >= 11 is 0. The Balaban J connectivity index is 3.65. The number of nitrogens with zero attached hydrogens (tertiary/aromatic N) is 1. The molecule has 0 aliphatic rings. The molecule has 0 aliphatic heterocycles. The van der Waals surface area contributed by atoms with E-state index in [1.165, 1.54) is 6.08 Å². The van der Waals surface area contributed by atoms with Crippen LogP contribution >= 0.6 is 0 Å². The second-order valence-corrected chi connectivity index (χ2v) is 2.48. The van der Waals surface area contributed by atoms with Gasteiger partial charge in [0, 0.05) is 17.0 Å². The summed E-state index contributed by atoms with van der Waals surface area (Å²) in [4.78, 5) is 14.9. The molecule has 1 aromatic heterocycles. The molecule has 0 aromatic carbocycles. The Kier molecular flexibility index (Phi) is 2.59. The van der Waals surface area contributed by atoms with Crippen molar-refractivity contribution in [3.63, 3.8) is 0 Å². The van der Waals surface area contributed by atoms with Gasteiger partial charge >= 0.3 is 0 Å². The highest BCUT2D eigenvalue weighted by Crippen LogP contribution is 1.89. The summed E-state index contributed by atoms with van der Waals surface area (Å²) in [6, 6.07) is 3.45. The van der Waals surface area contributed by atoms with Gasteiger partial charge in [-0.1, -0.05) is 25.3 Å². The third kappa shape index (κ3) is 1.82. The molecule has 0 fully saturated rings. The van der Waals surface area contributed by atoms with Crippen LogP contribution in [0.25, 0.3) is 12.2 Å². The molecule has 3 heteroatoms. The van der Waals surface area contributed by atoms with E-state index in [9.17, 15) is 4.79 Å². The molecule has 1 amide bonds. The van der Waals surface area contributed by atoms with Crippen molar-refractivity contribution in [2.45, 2.75) is 0 Å². The van der Waals surface area contributed by atoms with Gasteiger partial charge in [-0.25, -0.2) is 0 Å². The Bertz CT molecular complexity index is 448. The second kappa shape index (κ2) is 3.67. The normalized spacial score (nSPS) is 12.0. The molecule has 66 valence electrons. The minimum atomic E-state index is -0.520. The van der Waals surface area contributed by atoms with Gasteiger partial charge in [-0.05, 0) is 6.07 Å². The average molecular weight is 174 g/mol. The van der Waals surface area contributed by atoms with Crippen LogP contribution in [-0.2, 0) is 4.79 Å². The molecular weight excluding hydrogens is 164 g/mol. The molecule has 1 rings (SSSR count). The van der Waals surface area contributed by atoms with Crippen molar-refractivity contribution in [3.8, 4) is 0 Å². The van der Waals surface area contributed by atoms with Gasteiger partial charge in [0.2, 0.25) is 5.91 Å². The molecule has 0 aliphatic carbocycles. The molecule has 1 aromatic rings. The first kappa shape index (κ1) is 9.19. The molecule has 0 saturated heterocycles. The van der Waals surface area contributed by atoms with Crippen molar-refractivity contribution >= 4 is 18.1 Å². The standard InChI is InChI=1S/C10H10N2O/c1-3-8(10(11)13)9-5-4-6-12-7(9)2/h3-6H,1-2H2,(H2,11,13)/b9-8+. The van der Waals surface area contributed by atoms with Gasteiger partial charge in [-0.15, -0.1) is 0 Å². The Morgan fingerprint density at radius 3 is 2.77 bits per heavy atom. The smallest absolute Gasteiger partial charge is 0.249 e. The first-order chi connectivity index (χ1) is 6.16. The Hall–Kier alpha value is -1.90. The topological polar surface area (TPSA) is 56.0 Å². The third-order valence-electron chi connectivity index (χ3n) is 1.65. The Morgan fingerprint density at radius 2 is 2.31 bits per heavy atom. The van der Waals surface area contributed by atoms with E-state index in [1.54, 1.807) is 18.3 Å². The van der Waals surface area contributed by atoms with E-state index in [2.05, 4.69) is 18.1 Å². The van der Waals surface area contributed by atoms with Gasteiger partial charge in [0.1, 0.15) is 0 Å². The molecule has 2 N–H and O–H groups in total. The highest BCUT2D eigenvalue weighted by atomic mass is 16.1. The van der Waals surface area contributed by atoms with Crippen molar-refractivity contribution in [1.29, 1.82) is 0 Å². The predicted octanol–water partition coefficient (Wildman–Crippen LogP) is -0.686. The number of rotatable bonds is 2. The van der Waals surface area contributed by atoms with Crippen molar-refractivity contribution in [3.05, 3.63) is 41.6 Å². The molecule has 13 heavy (non-hydrogen) atoms. The van der Waals surface area contributed by atoms with Gasteiger partial charge < -0.3 is 5.73 Å². The number of primary amides is 1. The van der Waals surface area contributed by atoms with Crippen molar-refractivity contribution in [2.24, 2.45) is 5.73 Å². The van der Waals surface area contributed by atoms with Crippen LogP contribution in [0, 0.1) is 0 Å². The zero-order valence-electron chi connectivity index (χ0n) is 7.16. The summed E-state index contributed by atoms with van der Waals surface area (Å²) in [7, 11) is 0. The SMILES string of the molecule is C=C/C(C(N)=O)=c1/cccnc1=C. The van der Waals surface area contributed by atoms with Crippen LogP contribution in [0.1, 0.15) is 0 Å². The number of carbonyl (C=O) groups is 1. The maximum atomic E-state index is 10.9. The molecule has 1 heterocycles. The molecule has 0 atom stereocenters. The lowest BCUT2D eigenvalue weighted by atomic mass is 10.2. The van der Waals surface area contributed by atoms with Crippen LogP contribution in [-0.4, -0.2) is 10.9 Å². The molecule has 3 nitrogen and oxygen atoms in total. The van der Waals surface area contributed by atoms with Crippen LogP contribution in [0.3, 0.4) is 0 Å². The van der Waals surface area contributed by atoms with Crippen LogP contribution in [0.5, 0.6) is 0 Å². The quantitative estimate of drug-likeness (QED) is 0.645. The summed E-state index contributed by atoms with van der Waals surface area (Å²) in [5, 5.41) is 1.15. The molecular formula is C10H10N2O. The minimum absolute atomic E-state index is 0.345. The van der Waals surface area contributed by atoms with E-state index in [0.717, 1.165) is 0 Å². The summed E-state index contributed by atoms with van der Waals surface area (Å²) < 4.78 is 0. The van der Waals surface area contributed by atoms with Crippen LogP contribution in [0.15, 0.2) is 31.0 Å². The van der Waals surface area contributed by atoms with E-state index in [0.29, 0.717) is 16.1 Å². The number of hydrogen-bond acceptors (Lipinski definition) is 2. The second-order valence-electron chi connectivity index (χ2n) is 2.48. The Morgan fingerprint density at radius 1 is 1.62 bits per heavy atom. The van der Waals surface area contributed by atoms with Crippen molar-refractivity contribution < 1.29 is 4.79 Å². The number of pyridine rings is 1. The zero-order valence-corrected chi connectivity index (χ0v) is 7.16. The fourth-order valence-corrected chi connectivity index (χ4v) is 1.03. The maximum Gasteiger partial charge on any atom is 0.249 e. The van der Waals surface area contributed by atoms with Gasteiger partial charge in [-0.3, -0.25) is 9.78 Å². The molecule has 0 bridgehead atoms. The average Bonchev–Trinajstić information content (AvgIpc) is 2.09. The van der Waals surface area contributed by atoms with Gasteiger partial charge in [-0.2, -0.15) is 0 Å². The van der Waals surface area contributed by atoms with E-state index >= 15 is 0 Å². The van der Waals surface area contributed by atoms with Crippen molar-refractivity contribution in [1.82, 2.24) is 4.98 Å². The van der Waals surface area contributed by atoms with Gasteiger partial charge in [0.15, 0.2) is 0 Å². The van der Waals surface area contributed by atoms with E-state index in [-0.39, 0.29) is 0 Å². The van der Waals surface area contributed by atoms with Gasteiger partial charge in [0.25, 0.3) is 0 Å². The largest absolute Gasteiger partial charge is 0.366 e. The van der Waals surface area contributed by atoms with Crippen LogP contribution in [0.2, 0.25) is 0 Å². The number of amides is 1. The zero-order chi connectivity index (χ0) is 9.84. The number of hydrogen-bond donors (Lipinski definition) is 1. The number of nitrogens with two attached hydrogens (primary N) is 1. The number of carbonyl (C=O) groups excluding carboxylic acids is 1. The summed E-state index contributed by atoms with van der Waals surface area (Å²) in [5.41, 5.74) is 5.49. The fraction of sp³-hybridized carbons (Fsp3) is 0. The van der Waals surface area contributed by atoms with E-state index in [1.807, 2.05) is 0 Å². The lowest BCUT2D eigenvalue weighted by Gasteiger charge is -1.94. The highest BCUT2D eigenvalue weighted by molar-refractivity contribution is 6.15. The molecule has 0 saturated carbocycles. The maximum absolute atomic E-state index is 10.9. The lowest BCUT2D eigenvalue weighted by molar-refractivity contribution is -0.112. The number of aromatic nitrogens is 1. The van der Waals surface area contributed by atoms with Crippen molar-refractivity contribution in [2.75, 3.05) is 0 Å². The fourth-order valence-electron chi connectivity index (χ4n) is 1.03. The molecule has 0 spiro atoms. The first-order valence-corrected chi connectivity index (χ1v) is 3.73. The summed E-state index contributed by atoms with van der Waals surface area (Å²) in [6.45, 7) is 7.19. The first-order valence-electron chi connectivity index (χ1n) is 3.73. The third-order valence-corrected chi connectivity index (χ3v) is 1.65. The monoisotopic (exact) mass is 174 g/mol. The van der Waals surface area contributed by atoms with Crippen LogP contribution < -0.4 is 16.3 Å². The van der Waals surface area contributed by atoms with Gasteiger partial charge in [0.05, 0.1) is 5.35 Å². The molecule has 0 unspecified atom stereocenters. The van der Waals surface area contributed by atoms with E-state index in [4.69, 9.17) is 5.73 Å². The summed E-state index contributed by atoms with van der Waals surface area (Å²) in [6.07, 6.45) is 3.02. The minimum Gasteiger partial charge on any atom is -0.366 e. The molecule has 0 radical (unpaired) electrons. The summed E-state index contributed by atoms with van der Waals surface area (Å²) in [5.74, 6) is -0.520. The predicted molar refractivity (Wildman–Crippen MR) is 51.8 cm³/mol. The van der Waals surface area contributed by atoms with Crippen LogP contribution in [0.4, 0.5) is 0 Å². The van der Waals surface area contributed by atoms with E-state index < -0.39 is 5.91 Å². The lowest BCUT2D eigenvalue weighted by Crippen LogP contribution is -2.32. The Labute approximate surface area is 75.9 Å². The highest BCUT2D eigenvalue weighted by Gasteiger charge is 2.00.